The summed E-state index contributed by atoms with van der Waals surface area (Å²) in [4.78, 5) is 23.1. The normalized spacial score (nSPS) is 11.5. The van der Waals surface area contributed by atoms with Crippen LogP contribution in [0.2, 0.25) is 0 Å². The molecule has 0 bridgehead atoms. The van der Waals surface area contributed by atoms with Gasteiger partial charge in [-0.3, -0.25) is 9.59 Å². The molecule has 0 spiro atoms. The summed E-state index contributed by atoms with van der Waals surface area (Å²) in [7, 11) is 0. The SMILES string of the molecule is C#CCN(CC(=O)O)C(=O)[C@H](N)CCC. The molecule has 5 heteroatoms. The van der Waals surface area contributed by atoms with Crippen LogP contribution in [-0.2, 0) is 9.59 Å². The Morgan fingerprint density at radius 1 is 1.60 bits per heavy atom. The monoisotopic (exact) mass is 212 g/mol. The van der Waals surface area contributed by atoms with Crippen molar-refractivity contribution in [3.63, 3.8) is 0 Å². The first-order valence-corrected chi connectivity index (χ1v) is 4.72. The Balaban J connectivity index is 4.41. The highest BCUT2D eigenvalue weighted by Crippen LogP contribution is 1.99. The van der Waals surface area contributed by atoms with E-state index in [0.717, 1.165) is 11.3 Å². The first kappa shape index (κ1) is 13.5. The molecule has 3 N–H and O–H groups in total. The van der Waals surface area contributed by atoms with E-state index in [4.69, 9.17) is 17.3 Å². The van der Waals surface area contributed by atoms with E-state index in [2.05, 4.69) is 5.92 Å². The fourth-order valence-electron chi connectivity index (χ4n) is 1.15. The van der Waals surface area contributed by atoms with E-state index in [9.17, 15) is 9.59 Å². The van der Waals surface area contributed by atoms with Crippen LogP contribution >= 0.6 is 0 Å². The Bertz CT molecular complexity index is 270. The Hall–Kier alpha value is -1.54. The van der Waals surface area contributed by atoms with E-state index in [1.165, 1.54) is 0 Å². The van der Waals surface area contributed by atoms with Gasteiger partial charge in [-0.15, -0.1) is 6.42 Å². The predicted molar refractivity (Wildman–Crippen MR) is 55.9 cm³/mol. The molecule has 0 unspecified atom stereocenters. The number of carbonyl (C=O) groups excluding carboxylic acids is 1. The van der Waals surface area contributed by atoms with Crippen molar-refractivity contribution in [2.45, 2.75) is 25.8 Å². The zero-order chi connectivity index (χ0) is 11.8. The Labute approximate surface area is 89.2 Å². The molecular weight excluding hydrogens is 196 g/mol. The molecule has 0 saturated heterocycles. The summed E-state index contributed by atoms with van der Waals surface area (Å²) in [5.41, 5.74) is 5.58. The third kappa shape index (κ3) is 5.03. The van der Waals surface area contributed by atoms with Gasteiger partial charge < -0.3 is 15.7 Å². The van der Waals surface area contributed by atoms with Crippen molar-refractivity contribution in [2.24, 2.45) is 5.73 Å². The van der Waals surface area contributed by atoms with Gasteiger partial charge in [0.1, 0.15) is 6.54 Å². The van der Waals surface area contributed by atoms with Gasteiger partial charge in [0.25, 0.3) is 0 Å². The number of hydrogen-bond acceptors (Lipinski definition) is 3. The number of terminal acetylenes is 1. The lowest BCUT2D eigenvalue weighted by Gasteiger charge is -2.21. The Morgan fingerprint density at radius 2 is 2.20 bits per heavy atom. The van der Waals surface area contributed by atoms with Crippen molar-refractivity contribution in [1.82, 2.24) is 4.90 Å². The number of nitrogens with zero attached hydrogens (tertiary/aromatic N) is 1. The molecule has 84 valence electrons. The summed E-state index contributed by atoms with van der Waals surface area (Å²) in [6.07, 6.45) is 6.33. The van der Waals surface area contributed by atoms with E-state index in [-0.39, 0.29) is 6.54 Å². The second-order valence-electron chi connectivity index (χ2n) is 3.19. The van der Waals surface area contributed by atoms with Crippen LogP contribution < -0.4 is 5.73 Å². The molecule has 0 aliphatic heterocycles. The van der Waals surface area contributed by atoms with Crippen LogP contribution in [0.25, 0.3) is 0 Å². The lowest BCUT2D eigenvalue weighted by Crippen LogP contribution is -2.45. The van der Waals surface area contributed by atoms with E-state index in [1.54, 1.807) is 0 Å². The van der Waals surface area contributed by atoms with Gasteiger partial charge in [0.15, 0.2) is 0 Å². The highest BCUT2D eigenvalue weighted by Gasteiger charge is 2.21. The number of hydrogen-bond donors (Lipinski definition) is 2. The molecule has 0 aromatic heterocycles. The molecule has 0 aliphatic carbocycles. The van der Waals surface area contributed by atoms with Gasteiger partial charge in [-0.2, -0.15) is 0 Å². The average Bonchev–Trinajstić information content (AvgIpc) is 2.16. The molecule has 0 saturated carbocycles. The summed E-state index contributed by atoms with van der Waals surface area (Å²) in [5.74, 6) is 0.737. The zero-order valence-corrected chi connectivity index (χ0v) is 8.77. The van der Waals surface area contributed by atoms with Gasteiger partial charge in [0.2, 0.25) is 5.91 Å². The maximum Gasteiger partial charge on any atom is 0.323 e. The molecule has 1 atom stereocenters. The van der Waals surface area contributed by atoms with Gasteiger partial charge >= 0.3 is 5.97 Å². The molecule has 0 radical (unpaired) electrons. The first-order valence-electron chi connectivity index (χ1n) is 4.72. The summed E-state index contributed by atoms with van der Waals surface area (Å²) in [6, 6.07) is -0.664. The van der Waals surface area contributed by atoms with Gasteiger partial charge in [-0.05, 0) is 6.42 Å². The van der Waals surface area contributed by atoms with Gasteiger partial charge in [-0.1, -0.05) is 19.3 Å². The van der Waals surface area contributed by atoms with Crippen LogP contribution in [0, 0.1) is 12.3 Å². The minimum atomic E-state index is -1.10. The van der Waals surface area contributed by atoms with Crippen molar-refractivity contribution in [3.8, 4) is 12.3 Å². The average molecular weight is 212 g/mol. The lowest BCUT2D eigenvalue weighted by molar-refractivity contribution is -0.144. The van der Waals surface area contributed by atoms with Crippen molar-refractivity contribution >= 4 is 11.9 Å². The van der Waals surface area contributed by atoms with Crippen molar-refractivity contribution < 1.29 is 14.7 Å². The molecule has 0 aromatic carbocycles. The smallest absolute Gasteiger partial charge is 0.323 e. The first-order chi connectivity index (χ1) is 7.02. The number of amides is 1. The maximum atomic E-state index is 11.6. The highest BCUT2D eigenvalue weighted by atomic mass is 16.4. The number of carboxylic acid groups (broad SMARTS) is 1. The fraction of sp³-hybridized carbons (Fsp3) is 0.600. The van der Waals surface area contributed by atoms with Crippen LogP contribution in [0.3, 0.4) is 0 Å². The fourth-order valence-corrected chi connectivity index (χ4v) is 1.15. The molecule has 0 aromatic rings. The summed E-state index contributed by atoms with van der Waals surface area (Å²) in [6.45, 7) is 1.47. The quantitative estimate of drug-likeness (QED) is 0.590. The predicted octanol–water partition coefficient (Wildman–Crippen LogP) is -0.340. The van der Waals surface area contributed by atoms with E-state index in [0.29, 0.717) is 6.42 Å². The van der Waals surface area contributed by atoms with Gasteiger partial charge in [0, 0.05) is 0 Å². The molecule has 15 heavy (non-hydrogen) atoms. The maximum absolute atomic E-state index is 11.6. The van der Waals surface area contributed by atoms with Crippen LogP contribution in [-0.4, -0.2) is 41.0 Å². The molecule has 0 fully saturated rings. The van der Waals surface area contributed by atoms with Crippen molar-refractivity contribution in [2.75, 3.05) is 13.1 Å². The second kappa shape index (κ2) is 6.85. The minimum Gasteiger partial charge on any atom is -0.480 e. The minimum absolute atomic E-state index is 0.0253. The summed E-state index contributed by atoms with van der Waals surface area (Å²) >= 11 is 0. The van der Waals surface area contributed by atoms with E-state index < -0.39 is 24.5 Å². The second-order valence-corrected chi connectivity index (χ2v) is 3.19. The van der Waals surface area contributed by atoms with Crippen LogP contribution in [0.5, 0.6) is 0 Å². The van der Waals surface area contributed by atoms with E-state index >= 15 is 0 Å². The number of nitrogens with two attached hydrogens (primary N) is 1. The summed E-state index contributed by atoms with van der Waals surface area (Å²) in [5, 5.41) is 8.57. The molecule has 0 aliphatic rings. The van der Waals surface area contributed by atoms with Gasteiger partial charge in [-0.25, -0.2) is 0 Å². The van der Waals surface area contributed by atoms with Crippen molar-refractivity contribution in [1.29, 1.82) is 0 Å². The zero-order valence-electron chi connectivity index (χ0n) is 8.77. The van der Waals surface area contributed by atoms with E-state index in [1.807, 2.05) is 6.92 Å². The largest absolute Gasteiger partial charge is 0.480 e. The number of carbonyl (C=O) groups is 2. The third-order valence-electron chi connectivity index (χ3n) is 1.84. The van der Waals surface area contributed by atoms with Crippen LogP contribution in [0.15, 0.2) is 0 Å². The molecular formula is C10H16N2O3. The molecule has 5 nitrogen and oxygen atoms in total. The van der Waals surface area contributed by atoms with Crippen LogP contribution in [0.4, 0.5) is 0 Å². The third-order valence-corrected chi connectivity index (χ3v) is 1.84. The topological polar surface area (TPSA) is 83.6 Å². The number of aliphatic carboxylic acids is 1. The standard InChI is InChI=1S/C10H16N2O3/c1-3-5-8(11)10(15)12(6-4-2)7-9(13)14/h2,8H,3,5-7,11H2,1H3,(H,13,14)/t8-/m1/s1. The molecule has 1 amide bonds. The number of carboxylic acids is 1. The van der Waals surface area contributed by atoms with Gasteiger partial charge in [0.05, 0.1) is 12.6 Å². The summed E-state index contributed by atoms with van der Waals surface area (Å²) < 4.78 is 0. The van der Waals surface area contributed by atoms with Crippen molar-refractivity contribution in [3.05, 3.63) is 0 Å². The Kier molecular flexibility index (Phi) is 6.14. The highest BCUT2D eigenvalue weighted by molar-refractivity contribution is 5.85. The molecule has 0 heterocycles. The Morgan fingerprint density at radius 3 is 2.60 bits per heavy atom. The number of rotatable bonds is 6. The molecule has 0 rings (SSSR count). The van der Waals surface area contributed by atoms with Crippen LogP contribution in [0.1, 0.15) is 19.8 Å². The lowest BCUT2D eigenvalue weighted by atomic mass is 10.1.